The molecule has 1 N–H and O–H groups in total. The minimum absolute atomic E-state index is 0.411. The van der Waals surface area contributed by atoms with Crippen LogP contribution in [0.5, 0.6) is 0 Å². The molecular formula is C19H39NO. The van der Waals surface area contributed by atoms with Gasteiger partial charge < -0.3 is 10.1 Å². The monoisotopic (exact) mass is 297 g/mol. The predicted octanol–water partition coefficient (Wildman–Crippen LogP) is 5.02. The summed E-state index contributed by atoms with van der Waals surface area (Å²) in [5.41, 5.74) is 0.452. The van der Waals surface area contributed by atoms with Crippen LogP contribution in [0.2, 0.25) is 0 Å². The zero-order chi connectivity index (χ0) is 15.9. The van der Waals surface area contributed by atoms with Crippen LogP contribution in [0.3, 0.4) is 0 Å². The van der Waals surface area contributed by atoms with Crippen molar-refractivity contribution in [1.29, 1.82) is 0 Å². The lowest BCUT2D eigenvalue weighted by molar-refractivity contribution is -0.0421. The maximum atomic E-state index is 6.37. The molecule has 0 saturated heterocycles. The summed E-state index contributed by atoms with van der Waals surface area (Å²) in [6.45, 7) is 16.0. The molecule has 0 amide bonds. The Bertz CT molecular complexity index is 277. The van der Waals surface area contributed by atoms with E-state index in [4.69, 9.17) is 4.74 Å². The summed E-state index contributed by atoms with van der Waals surface area (Å²) in [5, 5.41) is 3.66. The predicted molar refractivity (Wildman–Crippen MR) is 92.7 cm³/mol. The van der Waals surface area contributed by atoms with Crippen molar-refractivity contribution in [2.45, 2.75) is 92.2 Å². The van der Waals surface area contributed by atoms with E-state index in [2.05, 4.69) is 46.9 Å². The van der Waals surface area contributed by atoms with E-state index < -0.39 is 0 Å². The van der Waals surface area contributed by atoms with E-state index in [9.17, 15) is 0 Å². The molecule has 0 spiro atoms. The van der Waals surface area contributed by atoms with Crippen LogP contribution >= 0.6 is 0 Å². The Morgan fingerprint density at radius 3 is 2.48 bits per heavy atom. The highest BCUT2D eigenvalue weighted by atomic mass is 16.5. The molecule has 2 nitrogen and oxygen atoms in total. The Labute approximate surface area is 133 Å². The van der Waals surface area contributed by atoms with Crippen LogP contribution in [0, 0.1) is 17.3 Å². The third kappa shape index (κ3) is 5.90. The van der Waals surface area contributed by atoms with E-state index in [0.29, 0.717) is 23.5 Å². The molecule has 4 unspecified atom stereocenters. The highest BCUT2D eigenvalue weighted by molar-refractivity contribution is 4.90. The second kappa shape index (κ2) is 9.15. The van der Waals surface area contributed by atoms with Gasteiger partial charge in [-0.05, 0) is 49.5 Å². The first-order valence-corrected chi connectivity index (χ1v) is 9.29. The largest absolute Gasteiger partial charge is 0.376 e. The van der Waals surface area contributed by atoms with Gasteiger partial charge in [-0.2, -0.15) is 0 Å². The van der Waals surface area contributed by atoms with Crippen LogP contribution in [0.4, 0.5) is 0 Å². The Morgan fingerprint density at radius 1 is 1.19 bits per heavy atom. The molecule has 1 fully saturated rings. The molecule has 2 heteroatoms. The first-order chi connectivity index (χ1) is 9.94. The van der Waals surface area contributed by atoms with Crippen molar-refractivity contribution in [2.24, 2.45) is 17.3 Å². The Hall–Kier alpha value is -0.0800. The van der Waals surface area contributed by atoms with Crippen molar-refractivity contribution in [3.05, 3.63) is 0 Å². The molecule has 21 heavy (non-hydrogen) atoms. The lowest BCUT2D eigenvalue weighted by atomic mass is 9.68. The van der Waals surface area contributed by atoms with Gasteiger partial charge in [-0.3, -0.25) is 0 Å². The zero-order valence-electron chi connectivity index (χ0n) is 15.4. The third-order valence-electron chi connectivity index (χ3n) is 5.65. The molecule has 0 aromatic carbocycles. The number of likely N-dealkylation sites (N-methyl/N-ethyl adjacent to an activating group) is 1. The van der Waals surface area contributed by atoms with Gasteiger partial charge in [-0.25, -0.2) is 0 Å². The average molecular weight is 298 g/mol. The molecule has 0 aliphatic heterocycles. The van der Waals surface area contributed by atoms with E-state index in [0.717, 1.165) is 19.1 Å². The summed E-state index contributed by atoms with van der Waals surface area (Å²) >= 11 is 0. The molecule has 1 aliphatic carbocycles. The topological polar surface area (TPSA) is 21.3 Å². The Morgan fingerprint density at radius 2 is 1.90 bits per heavy atom. The SMILES string of the molecule is CCCC(C)COC1CC(C(C)(C)CC)CCC1NCC. The second-order valence-corrected chi connectivity index (χ2v) is 7.78. The van der Waals surface area contributed by atoms with Crippen LogP contribution in [0.25, 0.3) is 0 Å². The minimum atomic E-state index is 0.411. The van der Waals surface area contributed by atoms with E-state index in [1.165, 1.54) is 38.5 Å². The molecule has 0 heterocycles. The van der Waals surface area contributed by atoms with Crippen molar-refractivity contribution in [1.82, 2.24) is 5.32 Å². The fraction of sp³-hybridized carbons (Fsp3) is 1.00. The first-order valence-electron chi connectivity index (χ1n) is 9.29. The molecule has 0 radical (unpaired) electrons. The Balaban J connectivity index is 2.59. The highest BCUT2D eigenvalue weighted by Crippen LogP contribution is 2.41. The van der Waals surface area contributed by atoms with Crippen molar-refractivity contribution < 1.29 is 4.74 Å². The van der Waals surface area contributed by atoms with Gasteiger partial charge in [0.1, 0.15) is 0 Å². The van der Waals surface area contributed by atoms with Gasteiger partial charge in [0.15, 0.2) is 0 Å². The minimum Gasteiger partial charge on any atom is -0.376 e. The quantitative estimate of drug-likeness (QED) is 0.645. The number of ether oxygens (including phenoxy) is 1. The fourth-order valence-electron chi connectivity index (χ4n) is 3.67. The van der Waals surface area contributed by atoms with Crippen molar-refractivity contribution >= 4 is 0 Å². The number of hydrogen-bond donors (Lipinski definition) is 1. The van der Waals surface area contributed by atoms with Crippen molar-refractivity contribution in [3.63, 3.8) is 0 Å². The maximum Gasteiger partial charge on any atom is 0.0731 e. The molecule has 0 aromatic rings. The van der Waals surface area contributed by atoms with Gasteiger partial charge >= 0.3 is 0 Å². The van der Waals surface area contributed by atoms with E-state index in [1.807, 2.05) is 0 Å². The molecule has 0 bridgehead atoms. The van der Waals surface area contributed by atoms with Gasteiger partial charge in [0, 0.05) is 12.6 Å². The van der Waals surface area contributed by atoms with E-state index in [-0.39, 0.29) is 0 Å². The molecule has 126 valence electrons. The van der Waals surface area contributed by atoms with Crippen molar-refractivity contribution in [2.75, 3.05) is 13.2 Å². The summed E-state index contributed by atoms with van der Waals surface area (Å²) in [6, 6.07) is 0.563. The highest BCUT2D eigenvalue weighted by Gasteiger charge is 2.37. The van der Waals surface area contributed by atoms with Crippen LogP contribution < -0.4 is 5.32 Å². The lowest BCUT2D eigenvalue weighted by Gasteiger charge is -2.43. The smallest absolute Gasteiger partial charge is 0.0731 e. The van der Waals surface area contributed by atoms with E-state index in [1.54, 1.807) is 0 Å². The number of rotatable bonds is 9. The van der Waals surface area contributed by atoms with Gasteiger partial charge in [-0.15, -0.1) is 0 Å². The zero-order valence-corrected chi connectivity index (χ0v) is 15.4. The van der Waals surface area contributed by atoms with Crippen LogP contribution in [-0.4, -0.2) is 25.3 Å². The second-order valence-electron chi connectivity index (χ2n) is 7.78. The molecular weight excluding hydrogens is 258 g/mol. The summed E-state index contributed by atoms with van der Waals surface area (Å²) in [6.07, 6.45) is 8.07. The van der Waals surface area contributed by atoms with Gasteiger partial charge in [0.2, 0.25) is 0 Å². The number of hydrogen-bond acceptors (Lipinski definition) is 2. The Kier molecular flexibility index (Phi) is 8.26. The molecule has 4 atom stereocenters. The van der Waals surface area contributed by atoms with Crippen LogP contribution in [0.1, 0.15) is 80.1 Å². The summed E-state index contributed by atoms with van der Waals surface area (Å²) < 4.78 is 6.37. The van der Waals surface area contributed by atoms with Crippen LogP contribution in [-0.2, 0) is 4.74 Å². The van der Waals surface area contributed by atoms with Crippen LogP contribution in [0.15, 0.2) is 0 Å². The lowest BCUT2D eigenvalue weighted by Crippen LogP contribution is -2.48. The molecule has 1 saturated carbocycles. The summed E-state index contributed by atoms with van der Waals surface area (Å²) in [7, 11) is 0. The molecule has 1 aliphatic rings. The van der Waals surface area contributed by atoms with E-state index >= 15 is 0 Å². The third-order valence-corrected chi connectivity index (χ3v) is 5.65. The number of nitrogens with one attached hydrogen (secondary N) is 1. The maximum absolute atomic E-state index is 6.37. The normalized spacial score (nSPS) is 28.6. The molecule has 0 aromatic heterocycles. The van der Waals surface area contributed by atoms with Gasteiger partial charge in [-0.1, -0.05) is 54.4 Å². The summed E-state index contributed by atoms with van der Waals surface area (Å²) in [5.74, 6) is 1.50. The van der Waals surface area contributed by atoms with Gasteiger partial charge in [0.25, 0.3) is 0 Å². The van der Waals surface area contributed by atoms with Gasteiger partial charge in [0.05, 0.1) is 6.10 Å². The standard InChI is InChI=1S/C19H39NO/c1-7-10-15(4)14-21-18-13-16(19(5,6)8-2)11-12-17(18)20-9-3/h15-18,20H,7-14H2,1-6H3. The fourth-order valence-corrected chi connectivity index (χ4v) is 3.67. The summed E-state index contributed by atoms with van der Waals surface area (Å²) in [4.78, 5) is 0. The average Bonchev–Trinajstić information content (AvgIpc) is 2.46. The van der Waals surface area contributed by atoms with Crippen molar-refractivity contribution in [3.8, 4) is 0 Å². The molecule has 1 rings (SSSR count). The first kappa shape index (κ1) is 19.0.